The van der Waals surface area contributed by atoms with Gasteiger partial charge in [0.25, 0.3) is 0 Å². The van der Waals surface area contributed by atoms with E-state index in [0.29, 0.717) is 31.9 Å². The van der Waals surface area contributed by atoms with Gasteiger partial charge in [-0.2, -0.15) is 13.2 Å². The van der Waals surface area contributed by atoms with Crippen LogP contribution < -0.4 is 4.90 Å². The van der Waals surface area contributed by atoms with Crippen molar-refractivity contribution in [3.05, 3.63) is 35.5 Å². The Labute approximate surface area is 136 Å². The SMILES string of the molecule is CN1CCN(c2c(C(=O)O)cnc3c(C(F)(F)F)cccc23)CC1. The number of nitrogens with zero attached hydrogens (tertiary/aromatic N) is 3. The Hall–Kier alpha value is -2.35. The van der Waals surface area contributed by atoms with Gasteiger partial charge in [0.2, 0.25) is 0 Å². The minimum Gasteiger partial charge on any atom is -0.478 e. The second kappa shape index (κ2) is 5.94. The van der Waals surface area contributed by atoms with Crippen molar-refractivity contribution in [1.82, 2.24) is 9.88 Å². The number of aromatic nitrogens is 1. The molecule has 0 saturated carbocycles. The quantitative estimate of drug-likeness (QED) is 0.912. The van der Waals surface area contributed by atoms with Crippen LogP contribution in [0.25, 0.3) is 10.9 Å². The van der Waals surface area contributed by atoms with Crippen molar-refractivity contribution in [1.29, 1.82) is 0 Å². The number of halogens is 3. The molecule has 3 rings (SSSR count). The van der Waals surface area contributed by atoms with E-state index >= 15 is 0 Å². The highest BCUT2D eigenvalue weighted by Gasteiger charge is 2.34. The normalized spacial score (nSPS) is 16.6. The molecule has 1 N–H and O–H groups in total. The van der Waals surface area contributed by atoms with Crippen molar-refractivity contribution < 1.29 is 23.1 Å². The molecule has 0 atom stereocenters. The Kier molecular flexibility index (Phi) is 4.08. The zero-order valence-electron chi connectivity index (χ0n) is 13.0. The average Bonchev–Trinajstić information content (AvgIpc) is 2.53. The summed E-state index contributed by atoms with van der Waals surface area (Å²) >= 11 is 0. The highest BCUT2D eigenvalue weighted by molar-refractivity contribution is 6.05. The molecule has 0 bridgehead atoms. The lowest BCUT2D eigenvalue weighted by molar-refractivity contribution is -0.136. The van der Waals surface area contributed by atoms with Crippen LogP contribution in [-0.4, -0.2) is 54.2 Å². The number of alkyl halides is 3. The third kappa shape index (κ3) is 2.89. The maximum Gasteiger partial charge on any atom is 0.418 e. The fraction of sp³-hybridized carbons (Fsp3) is 0.375. The van der Waals surface area contributed by atoms with E-state index in [1.807, 2.05) is 11.9 Å². The van der Waals surface area contributed by atoms with Crippen molar-refractivity contribution in [2.45, 2.75) is 6.18 Å². The van der Waals surface area contributed by atoms with Crippen molar-refractivity contribution in [3.8, 4) is 0 Å². The third-order valence-electron chi connectivity index (χ3n) is 4.22. The summed E-state index contributed by atoms with van der Waals surface area (Å²) in [6.45, 7) is 2.52. The molecule has 1 saturated heterocycles. The summed E-state index contributed by atoms with van der Waals surface area (Å²) in [5, 5.41) is 9.65. The number of pyridine rings is 1. The van der Waals surface area contributed by atoms with Crippen LogP contribution in [0, 0.1) is 0 Å². The molecule has 0 spiro atoms. The molecule has 1 fully saturated rings. The Morgan fingerprint density at radius 1 is 1.21 bits per heavy atom. The lowest BCUT2D eigenvalue weighted by Crippen LogP contribution is -2.45. The van der Waals surface area contributed by atoms with Crippen LogP contribution in [0.4, 0.5) is 18.9 Å². The number of carbonyl (C=O) groups is 1. The summed E-state index contributed by atoms with van der Waals surface area (Å²) in [6.07, 6.45) is -3.52. The van der Waals surface area contributed by atoms with E-state index in [1.54, 1.807) is 0 Å². The molecule has 0 aliphatic carbocycles. The number of fused-ring (bicyclic) bond motifs is 1. The van der Waals surface area contributed by atoms with Gasteiger partial charge in [-0.25, -0.2) is 4.79 Å². The number of rotatable bonds is 2. The first-order chi connectivity index (χ1) is 11.3. The predicted molar refractivity (Wildman–Crippen MR) is 83.4 cm³/mol. The fourth-order valence-electron chi connectivity index (χ4n) is 2.97. The highest BCUT2D eigenvalue weighted by Crippen LogP contribution is 2.38. The van der Waals surface area contributed by atoms with E-state index in [9.17, 15) is 23.1 Å². The maximum absolute atomic E-state index is 13.2. The average molecular weight is 339 g/mol. The number of hydrogen-bond donors (Lipinski definition) is 1. The summed E-state index contributed by atoms with van der Waals surface area (Å²) in [5.41, 5.74) is -0.839. The molecule has 128 valence electrons. The minimum atomic E-state index is -4.55. The van der Waals surface area contributed by atoms with Gasteiger partial charge in [-0.1, -0.05) is 12.1 Å². The third-order valence-corrected chi connectivity index (χ3v) is 4.22. The number of hydrogen-bond acceptors (Lipinski definition) is 4. The molecule has 8 heteroatoms. The fourth-order valence-corrected chi connectivity index (χ4v) is 2.97. The first-order valence-corrected chi connectivity index (χ1v) is 7.44. The van der Waals surface area contributed by atoms with E-state index in [1.165, 1.54) is 12.1 Å². The summed E-state index contributed by atoms with van der Waals surface area (Å²) < 4.78 is 39.7. The van der Waals surface area contributed by atoms with Crippen molar-refractivity contribution >= 4 is 22.6 Å². The molecule has 0 radical (unpaired) electrons. The zero-order valence-corrected chi connectivity index (χ0v) is 13.0. The van der Waals surface area contributed by atoms with Crippen molar-refractivity contribution in [2.24, 2.45) is 0 Å². The number of aromatic carboxylic acids is 1. The van der Waals surface area contributed by atoms with Gasteiger partial charge in [-0.15, -0.1) is 0 Å². The van der Waals surface area contributed by atoms with Gasteiger partial charge in [0.05, 0.1) is 16.8 Å². The van der Waals surface area contributed by atoms with E-state index < -0.39 is 17.7 Å². The number of carboxylic acid groups (broad SMARTS) is 1. The number of para-hydroxylation sites is 1. The Morgan fingerprint density at radius 3 is 2.46 bits per heavy atom. The number of carboxylic acids is 1. The monoisotopic (exact) mass is 339 g/mol. The molecule has 24 heavy (non-hydrogen) atoms. The number of anilines is 1. The van der Waals surface area contributed by atoms with Crippen molar-refractivity contribution in [2.75, 3.05) is 38.1 Å². The van der Waals surface area contributed by atoms with Gasteiger partial charge in [-0.05, 0) is 13.1 Å². The Balaban J connectivity index is 2.24. The molecule has 2 aromatic rings. The standard InChI is InChI=1S/C16H16F3N3O2/c1-21-5-7-22(8-6-21)14-10-3-2-4-12(16(17,18)19)13(10)20-9-11(14)15(23)24/h2-4,9H,5-8H2,1H3,(H,23,24). The van der Waals surface area contributed by atoms with Gasteiger partial charge in [0.15, 0.2) is 0 Å². The molecule has 2 heterocycles. The largest absolute Gasteiger partial charge is 0.478 e. The smallest absolute Gasteiger partial charge is 0.418 e. The second-order valence-corrected chi connectivity index (χ2v) is 5.82. The Bertz CT molecular complexity index is 784. The van der Waals surface area contributed by atoms with E-state index in [2.05, 4.69) is 9.88 Å². The van der Waals surface area contributed by atoms with Gasteiger partial charge in [0, 0.05) is 37.8 Å². The molecule has 1 aromatic heterocycles. The highest BCUT2D eigenvalue weighted by atomic mass is 19.4. The van der Waals surface area contributed by atoms with Crippen LogP contribution in [0.5, 0.6) is 0 Å². The lowest BCUT2D eigenvalue weighted by Gasteiger charge is -2.35. The summed E-state index contributed by atoms with van der Waals surface area (Å²) in [4.78, 5) is 19.3. The maximum atomic E-state index is 13.2. The molecular weight excluding hydrogens is 323 g/mol. The molecule has 0 unspecified atom stereocenters. The van der Waals surface area contributed by atoms with Crippen LogP contribution in [0.15, 0.2) is 24.4 Å². The van der Waals surface area contributed by atoms with Crippen LogP contribution in [-0.2, 0) is 6.18 Å². The summed E-state index contributed by atoms with van der Waals surface area (Å²) in [7, 11) is 1.95. The van der Waals surface area contributed by atoms with E-state index in [0.717, 1.165) is 12.3 Å². The van der Waals surface area contributed by atoms with E-state index in [4.69, 9.17) is 0 Å². The first-order valence-electron chi connectivity index (χ1n) is 7.44. The molecule has 0 amide bonds. The molecule has 1 aliphatic rings. The molecule has 5 nitrogen and oxygen atoms in total. The van der Waals surface area contributed by atoms with Gasteiger partial charge in [0.1, 0.15) is 5.56 Å². The minimum absolute atomic E-state index is 0.0774. The number of piperazine rings is 1. The molecular formula is C16H16F3N3O2. The summed E-state index contributed by atoms with van der Waals surface area (Å²) in [5.74, 6) is -1.20. The van der Waals surface area contributed by atoms with Crippen molar-refractivity contribution in [3.63, 3.8) is 0 Å². The molecule has 1 aromatic carbocycles. The van der Waals surface area contributed by atoms with Gasteiger partial charge in [-0.3, -0.25) is 4.98 Å². The van der Waals surface area contributed by atoms with Crippen LogP contribution in [0.2, 0.25) is 0 Å². The van der Waals surface area contributed by atoms with Crippen LogP contribution in [0.1, 0.15) is 15.9 Å². The number of likely N-dealkylation sites (N-methyl/N-ethyl adjacent to an activating group) is 1. The summed E-state index contributed by atoms with van der Waals surface area (Å²) in [6, 6.07) is 3.75. The first kappa shape index (κ1) is 16.5. The van der Waals surface area contributed by atoms with Gasteiger partial charge >= 0.3 is 12.1 Å². The van der Waals surface area contributed by atoms with Gasteiger partial charge < -0.3 is 14.9 Å². The zero-order chi connectivity index (χ0) is 17.5. The second-order valence-electron chi connectivity index (χ2n) is 5.82. The van der Waals surface area contributed by atoms with Crippen LogP contribution in [0.3, 0.4) is 0 Å². The van der Waals surface area contributed by atoms with Crippen LogP contribution >= 0.6 is 0 Å². The molecule has 1 aliphatic heterocycles. The lowest BCUT2D eigenvalue weighted by atomic mass is 10.0. The Morgan fingerprint density at radius 2 is 1.88 bits per heavy atom. The van der Waals surface area contributed by atoms with E-state index in [-0.39, 0.29) is 16.5 Å². The predicted octanol–water partition coefficient (Wildman–Crippen LogP) is 2.70. The number of benzene rings is 1. The topological polar surface area (TPSA) is 56.7 Å².